The highest BCUT2D eigenvalue weighted by molar-refractivity contribution is 5.89. The molecule has 9 nitrogen and oxygen atoms in total. The first-order valence-electron chi connectivity index (χ1n) is 8.05. The molecule has 2 N–H and O–H groups in total. The molecule has 1 saturated heterocycles. The number of piperidine rings is 1. The van der Waals surface area contributed by atoms with Crippen molar-refractivity contribution in [2.24, 2.45) is 0 Å². The van der Waals surface area contributed by atoms with Gasteiger partial charge in [-0.25, -0.2) is 4.98 Å². The van der Waals surface area contributed by atoms with Crippen molar-refractivity contribution in [3.8, 4) is 0 Å². The fraction of sp³-hybridized carbons (Fsp3) is 0.533. The number of aromatic nitrogens is 4. The summed E-state index contributed by atoms with van der Waals surface area (Å²) < 4.78 is 5.05. The van der Waals surface area contributed by atoms with Crippen molar-refractivity contribution in [1.29, 1.82) is 0 Å². The van der Waals surface area contributed by atoms with Crippen LogP contribution in [0.1, 0.15) is 41.5 Å². The van der Waals surface area contributed by atoms with Crippen molar-refractivity contribution in [3.05, 3.63) is 23.5 Å². The van der Waals surface area contributed by atoms with Gasteiger partial charge in [0.15, 0.2) is 0 Å². The van der Waals surface area contributed by atoms with Crippen LogP contribution in [0.5, 0.6) is 0 Å². The highest BCUT2D eigenvalue weighted by Gasteiger charge is 2.16. The lowest BCUT2D eigenvalue weighted by Crippen LogP contribution is -2.31. The number of hydrogen-bond donors (Lipinski definition) is 2. The average molecular weight is 331 g/mol. The lowest BCUT2D eigenvalue weighted by atomic mass is 10.1. The van der Waals surface area contributed by atoms with Crippen molar-refractivity contribution in [2.75, 3.05) is 30.4 Å². The van der Waals surface area contributed by atoms with Crippen LogP contribution in [-0.2, 0) is 6.54 Å². The zero-order valence-corrected chi connectivity index (χ0v) is 13.9. The minimum absolute atomic E-state index is 0.0159. The molecule has 0 radical (unpaired) electrons. The van der Waals surface area contributed by atoms with Crippen molar-refractivity contribution in [3.63, 3.8) is 0 Å². The number of carbonyl (C=O) groups is 1. The topological polar surface area (TPSA) is 109 Å². The molecule has 1 aliphatic rings. The van der Waals surface area contributed by atoms with Crippen molar-refractivity contribution >= 4 is 17.7 Å². The lowest BCUT2D eigenvalue weighted by Gasteiger charge is -2.27. The molecule has 1 amide bonds. The summed E-state index contributed by atoms with van der Waals surface area (Å²) in [6, 6.07) is 1.86. The van der Waals surface area contributed by atoms with Crippen LogP contribution in [0.4, 0.5) is 11.8 Å². The summed E-state index contributed by atoms with van der Waals surface area (Å²) in [6.45, 7) is 4.21. The molecule has 0 atom stereocenters. The fourth-order valence-corrected chi connectivity index (χ4v) is 2.58. The Morgan fingerprint density at radius 3 is 2.79 bits per heavy atom. The molecule has 128 valence electrons. The van der Waals surface area contributed by atoms with Gasteiger partial charge in [0.1, 0.15) is 5.82 Å². The van der Waals surface area contributed by atoms with E-state index in [1.54, 1.807) is 0 Å². The summed E-state index contributed by atoms with van der Waals surface area (Å²) in [5.41, 5.74) is 0.893. The van der Waals surface area contributed by atoms with Gasteiger partial charge >= 0.3 is 0 Å². The number of nitrogens with zero attached hydrogens (tertiary/aromatic N) is 5. The lowest BCUT2D eigenvalue weighted by molar-refractivity contribution is 0.0950. The van der Waals surface area contributed by atoms with Crippen LogP contribution < -0.4 is 15.5 Å². The summed E-state index contributed by atoms with van der Waals surface area (Å²) in [5, 5.41) is 9.22. The van der Waals surface area contributed by atoms with E-state index in [9.17, 15) is 4.79 Å². The van der Waals surface area contributed by atoms with E-state index in [1.807, 2.05) is 13.0 Å². The van der Waals surface area contributed by atoms with Crippen LogP contribution >= 0.6 is 0 Å². The number of carbonyl (C=O) groups excluding carboxylic acids is 1. The molecule has 1 fully saturated rings. The Morgan fingerprint density at radius 2 is 2.04 bits per heavy atom. The quantitative estimate of drug-likeness (QED) is 0.839. The molecule has 3 heterocycles. The number of amides is 1. The molecule has 1 aliphatic heterocycles. The second-order valence-electron chi connectivity index (χ2n) is 5.69. The van der Waals surface area contributed by atoms with E-state index in [1.165, 1.54) is 26.3 Å². The van der Waals surface area contributed by atoms with Crippen LogP contribution in [0.3, 0.4) is 0 Å². The monoisotopic (exact) mass is 331 g/mol. The molecule has 3 rings (SSSR count). The summed E-state index contributed by atoms with van der Waals surface area (Å²) in [5.74, 6) is 1.40. The molecule has 2 aromatic heterocycles. The van der Waals surface area contributed by atoms with Gasteiger partial charge in [0, 0.05) is 31.9 Å². The van der Waals surface area contributed by atoms with Crippen molar-refractivity contribution in [2.45, 2.75) is 32.7 Å². The normalized spacial score (nSPS) is 14.5. The van der Waals surface area contributed by atoms with E-state index in [0.717, 1.165) is 24.7 Å². The van der Waals surface area contributed by atoms with Gasteiger partial charge < -0.3 is 20.1 Å². The maximum Gasteiger partial charge on any atom is 0.292 e. The van der Waals surface area contributed by atoms with Crippen LogP contribution in [0.2, 0.25) is 0 Å². The standard InChI is InChI=1S/C15H21N7O2/c1-10-8-11(19-15(18-10)22-6-4-3-5-7-22)17-9-12-20-13(21-24-12)14(23)16-2/h8H,3-7,9H2,1-2H3,(H,16,23)(H,17,18,19). The largest absolute Gasteiger partial charge is 0.361 e. The molecule has 2 aromatic rings. The first kappa shape index (κ1) is 16.2. The van der Waals surface area contributed by atoms with Gasteiger partial charge in [-0.05, 0) is 26.2 Å². The predicted molar refractivity (Wildman–Crippen MR) is 87.8 cm³/mol. The molecule has 0 aromatic carbocycles. The van der Waals surface area contributed by atoms with Crippen LogP contribution in [0.15, 0.2) is 10.6 Å². The van der Waals surface area contributed by atoms with E-state index >= 15 is 0 Å². The summed E-state index contributed by atoms with van der Waals surface area (Å²) >= 11 is 0. The number of aryl methyl sites for hydroxylation is 1. The number of nitrogens with one attached hydrogen (secondary N) is 2. The van der Waals surface area contributed by atoms with E-state index in [-0.39, 0.29) is 11.7 Å². The number of anilines is 2. The molecule has 0 bridgehead atoms. The Bertz CT molecular complexity index is 710. The first-order chi connectivity index (χ1) is 11.7. The average Bonchev–Trinajstić information content (AvgIpc) is 3.08. The van der Waals surface area contributed by atoms with Gasteiger partial charge in [-0.15, -0.1) is 0 Å². The van der Waals surface area contributed by atoms with Crippen LogP contribution in [0, 0.1) is 6.92 Å². The summed E-state index contributed by atoms with van der Waals surface area (Å²) in [6.07, 6.45) is 3.60. The third kappa shape index (κ3) is 3.79. The second-order valence-corrected chi connectivity index (χ2v) is 5.69. The molecule has 0 spiro atoms. The van der Waals surface area contributed by atoms with Gasteiger partial charge in [0.25, 0.3) is 11.7 Å². The van der Waals surface area contributed by atoms with Crippen LogP contribution in [0.25, 0.3) is 0 Å². The predicted octanol–water partition coefficient (Wildman–Crippen LogP) is 1.13. The number of rotatable bonds is 5. The minimum Gasteiger partial charge on any atom is -0.361 e. The van der Waals surface area contributed by atoms with Crippen LogP contribution in [-0.4, -0.2) is 46.2 Å². The molecular formula is C15H21N7O2. The SMILES string of the molecule is CNC(=O)c1noc(CNc2cc(C)nc(N3CCCCC3)n2)n1. The zero-order valence-electron chi connectivity index (χ0n) is 13.9. The molecule has 0 unspecified atom stereocenters. The Morgan fingerprint density at radius 1 is 1.25 bits per heavy atom. The molecule has 24 heavy (non-hydrogen) atoms. The first-order valence-corrected chi connectivity index (χ1v) is 8.05. The zero-order chi connectivity index (χ0) is 16.9. The van der Waals surface area contributed by atoms with E-state index in [4.69, 9.17) is 4.52 Å². The highest BCUT2D eigenvalue weighted by Crippen LogP contribution is 2.18. The fourth-order valence-electron chi connectivity index (χ4n) is 2.58. The Balaban J connectivity index is 1.67. The third-order valence-electron chi connectivity index (χ3n) is 3.80. The molecular weight excluding hydrogens is 310 g/mol. The van der Waals surface area contributed by atoms with E-state index < -0.39 is 0 Å². The second kappa shape index (κ2) is 7.24. The molecule has 0 aliphatic carbocycles. The summed E-state index contributed by atoms with van der Waals surface area (Å²) in [7, 11) is 1.52. The van der Waals surface area contributed by atoms with Crippen molar-refractivity contribution < 1.29 is 9.32 Å². The Labute approximate surface area is 139 Å². The van der Waals surface area contributed by atoms with Gasteiger partial charge in [0.05, 0.1) is 6.54 Å². The molecule has 9 heteroatoms. The maximum atomic E-state index is 11.4. The Kier molecular flexibility index (Phi) is 4.88. The molecule has 0 saturated carbocycles. The van der Waals surface area contributed by atoms with Gasteiger partial charge in [-0.1, -0.05) is 5.16 Å². The van der Waals surface area contributed by atoms with Gasteiger partial charge in [-0.3, -0.25) is 4.79 Å². The maximum absolute atomic E-state index is 11.4. The van der Waals surface area contributed by atoms with Crippen molar-refractivity contribution in [1.82, 2.24) is 25.4 Å². The van der Waals surface area contributed by atoms with Gasteiger partial charge in [0.2, 0.25) is 11.8 Å². The number of hydrogen-bond acceptors (Lipinski definition) is 8. The highest BCUT2D eigenvalue weighted by atomic mass is 16.5. The van der Waals surface area contributed by atoms with E-state index in [2.05, 4.69) is 35.6 Å². The third-order valence-corrected chi connectivity index (χ3v) is 3.80. The summed E-state index contributed by atoms with van der Waals surface area (Å²) in [4.78, 5) is 26.7. The van der Waals surface area contributed by atoms with Gasteiger partial charge in [-0.2, -0.15) is 9.97 Å². The minimum atomic E-state index is -0.379. The van der Waals surface area contributed by atoms with E-state index in [0.29, 0.717) is 18.3 Å². The Hall–Kier alpha value is -2.71. The smallest absolute Gasteiger partial charge is 0.292 e.